The maximum atomic E-state index is 12.5. The van der Waals surface area contributed by atoms with E-state index in [1.807, 2.05) is 48.5 Å². The van der Waals surface area contributed by atoms with Gasteiger partial charge in [-0.15, -0.1) is 0 Å². The van der Waals surface area contributed by atoms with Gasteiger partial charge >= 0.3 is 0 Å². The molecule has 4 aromatic rings. The van der Waals surface area contributed by atoms with Crippen LogP contribution in [0.5, 0.6) is 5.75 Å². The number of benzene rings is 3. The van der Waals surface area contributed by atoms with Gasteiger partial charge in [0.1, 0.15) is 22.5 Å². The van der Waals surface area contributed by atoms with Gasteiger partial charge in [-0.05, 0) is 22.9 Å². The summed E-state index contributed by atoms with van der Waals surface area (Å²) in [6.07, 6.45) is 0. The van der Waals surface area contributed by atoms with Crippen LogP contribution in [0.3, 0.4) is 0 Å². The van der Waals surface area contributed by atoms with E-state index in [2.05, 4.69) is 0 Å². The molecule has 0 saturated heterocycles. The summed E-state index contributed by atoms with van der Waals surface area (Å²) in [5.41, 5.74) is 1.33. The lowest BCUT2D eigenvalue weighted by atomic mass is 10.0. The normalized spacial score (nSPS) is 11.0. The number of rotatable bonds is 2. The zero-order chi connectivity index (χ0) is 15.8. The fourth-order valence-corrected chi connectivity index (χ4v) is 2.92. The molecular formula is C20H14O3. The Balaban J connectivity index is 2.05. The highest BCUT2D eigenvalue weighted by molar-refractivity contribution is 5.96. The standard InChI is InChI=1S/C20H14O3/c1-22-17-10-5-11-18-20(17)16(21)12-19(23-18)15-9-4-7-13-6-2-3-8-14(13)15/h2-12H,1H3. The Morgan fingerprint density at radius 1 is 0.913 bits per heavy atom. The van der Waals surface area contributed by atoms with E-state index in [-0.39, 0.29) is 5.43 Å². The molecule has 0 N–H and O–H groups in total. The fourth-order valence-electron chi connectivity index (χ4n) is 2.92. The van der Waals surface area contributed by atoms with Crippen molar-refractivity contribution in [1.82, 2.24) is 0 Å². The monoisotopic (exact) mass is 302 g/mol. The van der Waals surface area contributed by atoms with E-state index < -0.39 is 0 Å². The van der Waals surface area contributed by atoms with Crippen LogP contribution in [0.4, 0.5) is 0 Å². The number of hydrogen-bond acceptors (Lipinski definition) is 3. The van der Waals surface area contributed by atoms with E-state index >= 15 is 0 Å². The third-order valence-corrected chi connectivity index (χ3v) is 3.99. The molecule has 3 aromatic carbocycles. The highest BCUT2D eigenvalue weighted by Gasteiger charge is 2.12. The molecule has 0 bridgehead atoms. The van der Waals surface area contributed by atoms with Gasteiger partial charge in [0.05, 0.1) is 7.11 Å². The van der Waals surface area contributed by atoms with Crippen molar-refractivity contribution in [3.05, 3.63) is 77.0 Å². The molecule has 0 spiro atoms. The summed E-state index contributed by atoms with van der Waals surface area (Å²) >= 11 is 0. The molecular weight excluding hydrogens is 288 g/mol. The molecule has 3 nitrogen and oxygen atoms in total. The highest BCUT2D eigenvalue weighted by atomic mass is 16.5. The Kier molecular flexibility index (Phi) is 3.12. The first kappa shape index (κ1) is 13.6. The first-order chi connectivity index (χ1) is 11.3. The van der Waals surface area contributed by atoms with Crippen molar-refractivity contribution >= 4 is 21.7 Å². The third kappa shape index (κ3) is 2.18. The van der Waals surface area contributed by atoms with Gasteiger partial charge in [0, 0.05) is 11.6 Å². The van der Waals surface area contributed by atoms with Crippen molar-refractivity contribution in [3.8, 4) is 17.1 Å². The molecule has 0 aliphatic rings. The second-order valence-electron chi connectivity index (χ2n) is 5.34. The number of methoxy groups -OCH3 is 1. The first-order valence-electron chi connectivity index (χ1n) is 7.37. The maximum absolute atomic E-state index is 12.5. The van der Waals surface area contributed by atoms with Crippen molar-refractivity contribution in [3.63, 3.8) is 0 Å². The van der Waals surface area contributed by atoms with Crippen LogP contribution in [-0.4, -0.2) is 7.11 Å². The molecule has 1 heterocycles. The SMILES string of the molecule is COc1cccc2oc(-c3cccc4ccccc34)cc(=O)c12. The average Bonchev–Trinajstić information content (AvgIpc) is 2.60. The van der Waals surface area contributed by atoms with Gasteiger partial charge in [-0.2, -0.15) is 0 Å². The van der Waals surface area contributed by atoms with Crippen LogP contribution in [0.2, 0.25) is 0 Å². The van der Waals surface area contributed by atoms with Gasteiger partial charge in [0.2, 0.25) is 0 Å². The molecule has 112 valence electrons. The van der Waals surface area contributed by atoms with Crippen molar-refractivity contribution in [2.24, 2.45) is 0 Å². The molecule has 4 rings (SSSR count). The number of ether oxygens (including phenoxy) is 1. The number of fused-ring (bicyclic) bond motifs is 2. The fraction of sp³-hybridized carbons (Fsp3) is 0.0500. The van der Waals surface area contributed by atoms with Crippen molar-refractivity contribution in [2.75, 3.05) is 7.11 Å². The summed E-state index contributed by atoms with van der Waals surface area (Å²) in [6.45, 7) is 0. The number of hydrogen-bond donors (Lipinski definition) is 0. The van der Waals surface area contributed by atoms with Gasteiger partial charge in [-0.3, -0.25) is 4.79 Å². The zero-order valence-corrected chi connectivity index (χ0v) is 12.6. The van der Waals surface area contributed by atoms with Gasteiger partial charge in [0.25, 0.3) is 0 Å². The van der Waals surface area contributed by atoms with Crippen LogP contribution in [0.15, 0.2) is 75.9 Å². The lowest BCUT2D eigenvalue weighted by Crippen LogP contribution is -2.02. The van der Waals surface area contributed by atoms with Crippen molar-refractivity contribution in [1.29, 1.82) is 0 Å². The molecule has 0 radical (unpaired) electrons. The minimum atomic E-state index is -0.105. The van der Waals surface area contributed by atoms with E-state index in [0.29, 0.717) is 22.5 Å². The summed E-state index contributed by atoms with van der Waals surface area (Å²) in [7, 11) is 1.55. The van der Waals surface area contributed by atoms with Crippen LogP contribution in [0, 0.1) is 0 Å². The van der Waals surface area contributed by atoms with Crippen LogP contribution in [0.1, 0.15) is 0 Å². The summed E-state index contributed by atoms with van der Waals surface area (Å²) in [4.78, 5) is 12.5. The van der Waals surface area contributed by atoms with E-state index in [4.69, 9.17) is 9.15 Å². The Hall–Kier alpha value is -3.07. The summed E-state index contributed by atoms with van der Waals surface area (Å²) in [5.74, 6) is 1.09. The molecule has 0 amide bonds. The molecule has 1 aromatic heterocycles. The summed E-state index contributed by atoms with van der Waals surface area (Å²) < 4.78 is 11.3. The largest absolute Gasteiger partial charge is 0.496 e. The summed E-state index contributed by atoms with van der Waals surface area (Å²) in [5, 5.41) is 2.64. The quantitative estimate of drug-likeness (QED) is 0.542. The first-order valence-corrected chi connectivity index (χ1v) is 7.37. The van der Waals surface area contributed by atoms with Crippen molar-refractivity contribution < 1.29 is 9.15 Å². The lowest BCUT2D eigenvalue weighted by molar-refractivity contribution is 0.419. The lowest BCUT2D eigenvalue weighted by Gasteiger charge is -2.08. The predicted octanol–water partition coefficient (Wildman–Crippen LogP) is 4.62. The van der Waals surface area contributed by atoms with Crippen LogP contribution >= 0.6 is 0 Å². The van der Waals surface area contributed by atoms with E-state index in [0.717, 1.165) is 16.3 Å². The van der Waals surface area contributed by atoms with Crippen molar-refractivity contribution in [2.45, 2.75) is 0 Å². The minimum Gasteiger partial charge on any atom is -0.496 e. The molecule has 0 saturated carbocycles. The topological polar surface area (TPSA) is 39.4 Å². The van der Waals surface area contributed by atoms with E-state index in [1.54, 1.807) is 19.2 Å². The Bertz CT molecular complexity index is 1070. The third-order valence-electron chi connectivity index (χ3n) is 3.99. The Morgan fingerprint density at radius 2 is 1.70 bits per heavy atom. The summed E-state index contributed by atoms with van der Waals surface area (Å²) in [6, 6.07) is 20.9. The highest BCUT2D eigenvalue weighted by Crippen LogP contribution is 2.31. The van der Waals surface area contributed by atoms with Gasteiger partial charge < -0.3 is 9.15 Å². The van der Waals surface area contributed by atoms with Crippen LogP contribution in [-0.2, 0) is 0 Å². The Morgan fingerprint density at radius 3 is 2.57 bits per heavy atom. The van der Waals surface area contributed by atoms with Crippen LogP contribution < -0.4 is 10.2 Å². The predicted molar refractivity (Wildman–Crippen MR) is 92.0 cm³/mol. The molecule has 23 heavy (non-hydrogen) atoms. The zero-order valence-electron chi connectivity index (χ0n) is 12.6. The van der Waals surface area contributed by atoms with Gasteiger partial charge in [0.15, 0.2) is 5.43 Å². The smallest absolute Gasteiger partial charge is 0.197 e. The molecule has 0 fully saturated rings. The maximum Gasteiger partial charge on any atom is 0.197 e. The molecule has 0 unspecified atom stereocenters. The molecule has 3 heteroatoms. The van der Waals surface area contributed by atoms with E-state index in [1.165, 1.54) is 6.07 Å². The van der Waals surface area contributed by atoms with Gasteiger partial charge in [-0.25, -0.2) is 0 Å². The average molecular weight is 302 g/mol. The molecule has 0 aliphatic heterocycles. The second-order valence-corrected chi connectivity index (χ2v) is 5.34. The van der Waals surface area contributed by atoms with E-state index in [9.17, 15) is 4.79 Å². The Labute approximate surface area is 132 Å². The second kappa shape index (κ2) is 5.29. The van der Waals surface area contributed by atoms with Crippen LogP contribution in [0.25, 0.3) is 33.1 Å². The molecule has 0 aliphatic carbocycles. The molecule has 0 atom stereocenters. The van der Waals surface area contributed by atoms with Gasteiger partial charge in [-0.1, -0.05) is 48.5 Å². The minimum absolute atomic E-state index is 0.105.